The first kappa shape index (κ1) is 24.6. The largest absolute Gasteiger partial charge is 0.496 e. The molecule has 0 fully saturated rings. The number of carbonyl (C=O) groups excluding carboxylic acids is 2. The zero-order valence-corrected chi connectivity index (χ0v) is 19.7. The number of rotatable bonds is 8. The van der Waals surface area contributed by atoms with Crippen LogP contribution >= 0.6 is 11.6 Å². The van der Waals surface area contributed by atoms with Gasteiger partial charge in [0.15, 0.2) is 0 Å². The van der Waals surface area contributed by atoms with Crippen LogP contribution < -0.4 is 20.1 Å². The summed E-state index contributed by atoms with van der Waals surface area (Å²) in [5.41, 5.74) is 1.16. The lowest BCUT2D eigenvalue weighted by Crippen LogP contribution is -2.44. The summed E-state index contributed by atoms with van der Waals surface area (Å²) in [7, 11) is -2.51. The molecule has 1 aliphatic carbocycles. The predicted molar refractivity (Wildman–Crippen MR) is 126 cm³/mol. The highest BCUT2D eigenvalue weighted by atomic mass is 35.5. The fourth-order valence-electron chi connectivity index (χ4n) is 3.43. The van der Waals surface area contributed by atoms with E-state index in [1.807, 2.05) is 16.9 Å². The fraction of sp³-hybridized carbons (Fsp3) is 0.304. The van der Waals surface area contributed by atoms with Crippen molar-refractivity contribution in [2.24, 2.45) is 0 Å². The predicted octanol–water partition coefficient (Wildman–Crippen LogP) is 3.42. The van der Waals surface area contributed by atoms with E-state index in [2.05, 4.69) is 10.6 Å². The third-order valence-corrected chi connectivity index (χ3v) is 6.75. The summed E-state index contributed by atoms with van der Waals surface area (Å²) in [6.07, 6.45) is 6.80. The maximum absolute atomic E-state index is 12.5. The van der Waals surface area contributed by atoms with Gasteiger partial charge >= 0.3 is 6.03 Å². The van der Waals surface area contributed by atoms with Crippen LogP contribution in [0.1, 0.15) is 35.2 Å². The van der Waals surface area contributed by atoms with Crippen LogP contribution in [0.15, 0.2) is 59.5 Å². The molecule has 3 rings (SSSR count). The summed E-state index contributed by atoms with van der Waals surface area (Å²) in [6, 6.07) is 10.1. The summed E-state index contributed by atoms with van der Waals surface area (Å²) in [6.45, 7) is 0.330. The average molecular weight is 492 g/mol. The molecule has 0 saturated carbocycles. The number of ether oxygens (including phenoxy) is 1. The van der Waals surface area contributed by atoms with Gasteiger partial charge in [0.2, 0.25) is 0 Å². The minimum absolute atomic E-state index is 0.0161. The maximum Gasteiger partial charge on any atom is 0.328 e. The van der Waals surface area contributed by atoms with Gasteiger partial charge in [0.05, 0.1) is 17.6 Å². The summed E-state index contributed by atoms with van der Waals surface area (Å²) < 4.78 is 32.2. The number of nitrogens with one attached hydrogen (secondary N) is 3. The van der Waals surface area contributed by atoms with Crippen molar-refractivity contribution in [3.05, 3.63) is 70.8 Å². The lowest BCUT2D eigenvalue weighted by molar-refractivity contribution is 0.0951. The molecule has 1 aliphatic rings. The van der Waals surface area contributed by atoms with Crippen LogP contribution in [-0.2, 0) is 16.4 Å². The van der Waals surface area contributed by atoms with Crippen molar-refractivity contribution in [1.82, 2.24) is 15.4 Å². The summed E-state index contributed by atoms with van der Waals surface area (Å²) in [4.78, 5) is 24.5. The van der Waals surface area contributed by atoms with Crippen LogP contribution in [0.25, 0.3) is 0 Å². The second kappa shape index (κ2) is 11.2. The van der Waals surface area contributed by atoms with Gasteiger partial charge in [-0.2, -0.15) is 0 Å². The molecule has 8 nitrogen and oxygen atoms in total. The number of urea groups is 1. The molecule has 33 heavy (non-hydrogen) atoms. The van der Waals surface area contributed by atoms with Gasteiger partial charge < -0.3 is 15.4 Å². The molecule has 3 N–H and O–H groups in total. The molecule has 0 saturated heterocycles. The normalized spacial score (nSPS) is 15.5. The van der Waals surface area contributed by atoms with Gasteiger partial charge in [-0.05, 0) is 61.6 Å². The van der Waals surface area contributed by atoms with Gasteiger partial charge in [-0.25, -0.2) is 17.9 Å². The first-order chi connectivity index (χ1) is 15.8. The molecular weight excluding hydrogens is 466 g/mol. The van der Waals surface area contributed by atoms with Crippen LogP contribution in [0.4, 0.5) is 4.79 Å². The van der Waals surface area contributed by atoms with Gasteiger partial charge in [-0.3, -0.25) is 4.79 Å². The number of halogens is 1. The van der Waals surface area contributed by atoms with E-state index in [1.54, 1.807) is 24.3 Å². The van der Waals surface area contributed by atoms with E-state index in [0.717, 1.165) is 18.4 Å². The van der Waals surface area contributed by atoms with Crippen molar-refractivity contribution in [3.63, 3.8) is 0 Å². The zero-order chi connectivity index (χ0) is 23.8. The number of carbonyl (C=O) groups is 2. The van der Waals surface area contributed by atoms with Crippen molar-refractivity contribution in [2.45, 2.75) is 36.6 Å². The molecule has 176 valence electrons. The first-order valence-corrected chi connectivity index (χ1v) is 12.3. The molecular formula is C23H26ClN3O5S. The van der Waals surface area contributed by atoms with E-state index in [9.17, 15) is 18.0 Å². The number of benzene rings is 2. The van der Waals surface area contributed by atoms with E-state index in [-0.39, 0.29) is 16.8 Å². The van der Waals surface area contributed by atoms with Crippen molar-refractivity contribution >= 4 is 33.6 Å². The van der Waals surface area contributed by atoms with Crippen molar-refractivity contribution in [1.29, 1.82) is 0 Å². The Bertz CT molecular complexity index is 1130. The molecule has 2 aromatic rings. The second-order valence-electron chi connectivity index (χ2n) is 7.55. The Labute approximate surface area is 198 Å². The van der Waals surface area contributed by atoms with E-state index < -0.39 is 16.1 Å². The highest BCUT2D eigenvalue weighted by molar-refractivity contribution is 7.90. The molecule has 10 heteroatoms. The number of hydrogen-bond donors (Lipinski definition) is 3. The molecule has 0 heterocycles. The molecule has 3 amide bonds. The van der Waals surface area contributed by atoms with Crippen molar-refractivity contribution in [3.8, 4) is 5.75 Å². The van der Waals surface area contributed by atoms with Gasteiger partial charge in [0.1, 0.15) is 5.75 Å². The Kier molecular flexibility index (Phi) is 8.35. The summed E-state index contributed by atoms with van der Waals surface area (Å²) in [5, 5.41) is 5.90. The molecule has 1 atom stereocenters. The molecule has 0 bridgehead atoms. The molecule has 2 aromatic carbocycles. The Balaban J connectivity index is 1.52. The topological polar surface area (TPSA) is 114 Å². The first-order valence-electron chi connectivity index (χ1n) is 10.5. The standard InChI is InChI=1S/C23H26ClN3O5S/c1-32-21-12-9-17(24)15-20(21)22(28)25-14-13-16-7-10-19(11-8-16)33(30,31)27-23(29)26-18-5-3-2-4-6-18/h2-3,7-12,15,18H,4-6,13-14H2,1H3,(H,25,28)(H2,26,27,29). The number of allylic oxidation sites excluding steroid dienone is 1. The van der Waals surface area contributed by atoms with Crippen LogP contribution in [0, 0.1) is 0 Å². The smallest absolute Gasteiger partial charge is 0.328 e. The fourth-order valence-corrected chi connectivity index (χ4v) is 4.52. The van der Waals surface area contributed by atoms with Gasteiger partial charge in [0, 0.05) is 17.6 Å². The highest BCUT2D eigenvalue weighted by Crippen LogP contribution is 2.22. The maximum atomic E-state index is 12.5. The monoisotopic (exact) mass is 491 g/mol. The van der Waals surface area contributed by atoms with E-state index in [4.69, 9.17) is 16.3 Å². The number of methoxy groups -OCH3 is 1. The lowest BCUT2D eigenvalue weighted by Gasteiger charge is -2.19. The summed E-state index contributed by atoms with van der Waals surface area (Å²) >= 11 is 5.96. The SMILES string of the molecule is COc1ccc(Cl)cc1C(=O)NCCc1ccc(S(=O)(=O)NC(=O)NC2CC=CCC2)cc1. The highest BCUT2D eigenvalue weighted by Gasteiger charge is 2.20. The second-order valence-corrected chi connectivity index (χ2v) is 9.67. The third-order valence-electron chi connectivity index (χ3n) is 5.17. The number of sulfonamides is 1. The molecule has 0 spiro atoms. The zero-order valence-electron chi connectivity index (χ0n) is 18.1. The molecule has 0 aliphatic heterocycles. The van der Waals surface area contributed by atoms with Crippen LogP contribution in [0.2, 0.25) is 5.02 Å². The Morgan fingerprint density at radius 2 is 1.88 bits per heavy atom. The Morgan fingerprint density at radius 3 is 2.55 bits per heavy atom. The molecule has 1 unspecified atom stereocenters. The van der Waals surface area contributed by atoms with Crippen LogP contribution in [0.3, 0.4) is 0 Å². The Hall–Kier alpha value is -3.04. The van der Waals surface area contributed by atoms with Crippen LogP contribution in [0.5, 0.6) is 5.75 Å². The number of amides is 3. The molecule has 0 aromatic heterocycles. The molecule has 0 radical (unpaired) electrons. The number of hydrogen-bond acceptors (Lipinski definition) is 5. The lowest BCUT2D eigenvalue weighted by atomic mass is 10.0. The van der Waals surface area contributed by atoms with E-state index in [0.29, 0.717) is 35.7 Å². The minimum Gasteiger partial charge on any atom is -0.496 e. The summed E-state index contributed by atoms with van der Waals surface area (Å²) in [5.74, 6) is 0.0974. The third kappa shape index (κ3) is 6.97. The Morgan fingerprint density at radius 1 is 1.12 bits per heavy atom. The van der Waals surface area contributed by atoms with Crippen molar-refractivity contribution < 1.29 is 22.7 Å². The van der Waals surface area contributed by atoms with Gasteiger partial charge in [0.25, 0.3) is 15.9 Å². The van der Waals surface area contributed by atoms with E-state index in [1.165, 1.54) is 25.3 Å². The van der Waals surface area contributed by atoms with Crippen molar-refractivity contribution in [2.75, 3.05) is 13.7 Å². The average Bonchev–Trinajstić information content (AvgIpc) is 2.79. The quantitative estimate of drug-likeness (QED) is 0.490. The van der Waals surface area contributed by atoms with Gasteiger partial charge in [-0.15, -0.1) is 0 Å². The minimum atomic E-state index is -3.98. The van der Waals surface area contributed by atoms with Gasteiger partial charge in [-0.1, -0.05) is 35.9 Å². The van der Waals surface area contributed by atoms with Crippen LogP contribution in [-0.4, -0.2) is 40.1 Å². The van der Waals surface area contributed by atoms with E-state index >= 15 is 0 Å².